The molecule has 0 spiro atoms. The van der Waals surface area contributed by atoms with Gasteiger partial charge in [-0.25, -0.2) is 4.79 Å². The second kappa shape index (κ2) is 9.80. The van der Waals surface area contributed by atoms with Crippen molar-refractivity contribution in [2.75, 3.05) is 25.8 Å². The third-order valence-corrected chi connectivity index (χ3v) is 7.03. The Labute approximate surface area is 209 Å². The van der Waals surface area contributed by atoms with Crippen molar-refractivity contribution in [3.8, 4) is 17.2 Å². The largest absolute Gasteiger partial charge is 0.493 e. The van der Waals surface area contributed by atoms with Crippen molar-refractivity contribution < 1.29 is 14.3 Å². The molecule has 4 aromatic rings. The predicted molar refractivity (Wildman–Crippen MR) is 140 cm³/mol. The summed E-state index contributed by atoms with van der Waals surface area (Å²) < 4.78 is 12.9. The Hall–Kier alpha value is -3.84. The van der Waals surface area contributed by atoms with Crippen LogP contribution in [0.3, 0.4) is 0 Å². The summed E-state index contributed by atoms with van der Waals surface area (Å²) in [6.45, 7) is 0.464. The first-order chi connectivity index (χ1) is 17.1. The Morgan fingerprint density at radius 2 is 1.71 bits per heavy atom. The van der Waals surface area contributed by atoms with Crippen LogP contribution in [-0.2, 0) is 6.54 Å². The number of fused-ring (bicyclic) bond motifs is 3. The van der Waals surface area contributed by atoms with Crippen LogP contribution in [0.4, 0.5) is 10.5 Å². The molecule has 35 heavy (non-hydrogen) atoms. The van der Waals surface area contributed by atoms with Crippen molar-refractivity contribution in [3.05, 3.63) is 102 Å². The minimum Gasteiger partial charge on any atom is -0.493 e. The SMILES string of the molecule is COc1ccc(NC(=O)N2Cc3ccccc3-n3cccc3C2c2ccc(SC)cc2)cc1OC. The van der Waals surface area contributed by atoms with E-state index in [1.807, 2.05) is 29.2 Å². The van der Waals surface area contributed by atoms with Crippen molar-refractivity contribution in [1.29, 1.82) is 0 Å². The van der Waals surface area contributed by atoms with Gasteiger partial charge < -0.3 is 24.3 Å². The number of thioether (sulfide) groups is 1. The second-order valence-corrected chi connectivity index (χ2v) is 9.11. The van der Waals surface area contributed by atoms with Gasteiger partial charge in [0.05, 0.1) is 32.5 Å². The molecule has 2 heterocycles. The number of ether oxygens (including phenoxy) is 2. The molecular formula is C28H27N3O3S. The molecule has 7 heteroatoms. The number of para-hydroxylation sites is 1. The molecule has 1 atom stereocenters. The lowest BCUT2D eigenvalue weighted by Crippen LogP contribution is -2.37. The molecule has 0 fully saturated rings. The number of benzene rings is 3. The summed E-state index contributed by atoms with van der Waals surface area (Å²) in [5.74, 6) is 1.17. The Bertz CT molecular complexity index is 1350. The maximum absolute atomic E-state index is 13.9. The maximum atomic E-state index is 13.9. The first-order valence-electron chi connectivity index (χ1n) is 11.3. The van der Waals surface area contributed by atoms with E-state index in [0.717, 1.165) is 22.5 Å². The lowest BCUT2D eigenvalue weighted by atomic mass is 10.0. The number of rotatable bonds is 5. The number of amides is 2. The zero-order valence-electron chi connectivity index (χ0n) is 19.9. The Balaban J connectivity index is 1.58. The molecule has 178 valence electrons. The molecule has 6 nitrogen and oxygen atoms in total. The minimum absolute atomic E-state index is 0.194. The van der Waals surface area contributed by atoms with Crippen LogP contribution >= 0.6 is 11.8 Å². The van der Waals surface area contributed by atoms with Crippen LogP contribution in [0.25, 0.3) is 5.69 Å². The highest BCUT2D eigenvalue weighted by Crippen LogP contribution is 2.38. The highest BCUT2D eigenvalue weighted by Gasteiger charge is 2.33. The van der Waals surface area contributed by atoms with Crippen LogP contribution in [0.1, 0.15) is 22.9 Å². The van der Waals surface area contributed by atoms with Crippen LogP contribution in [0, 0.1) is 0 Å². The number of anilines is 1. The molecule has 0 aliphatic carbocycles. The van der Waals surface area contributed by atoms with E-state index in [1.165, 1.54) is 4.90 Å². The van der Waals surface area contributed by atoms with Crippen LogP contribution in [0.5, 0.6) is 11.5 Å². The van der Waals surface area contributed by atoms with Gasteiger partial charge in [0, 0.05) is 28.5 Å². The summed E-state index contributed by atoms with van der Waals surface area (Å²) in [6.07, 6.45) is 4.12. The van der Waals surface area contributed by atoms with Gasteiger partial charge in [-0.15, -0.1) is 11.8 Å². The van der Waals surface area contributed by atoms with E-state index in [4.69, 9.17) is 9.47 Å². The number of nitrogens with zero attached hydrogens (tertiary/aromatic N) is 2. The van der Waals surface area contributed by atoms with Crippen molar-refractivity contribution >= 4 is 23.5 Å². The highest BCUT2D eigenvalue weighted by atomic mass is 32.2. The smallest absolute Gasteiger partial charge is 0.322 e. The van der Waals surface area contributed by atoms with E-state index in [-0.39, 0.29) is 12.1 Å². The number of carbonyl (C=O) groups is 1. The van der Waals surface area contributed by atoms with Crippen LogP contribution in [0.15, 0.2) is 90.0 Å². The average Bonchev–Trinajstić information content (AvgIpc) is 3.33. The molecule has 5 rings (SSSR count). The summed E-state index contributed by atoms with van der Waals surface area (Å²) in [4.78, 5) is 16.9. The van der Waals surface area contributed by atoms with E-state index in [9.17, 15) is 4.79 Å². The number of nitrogens with one attached hydrogen (secondary N) is 1. The first-order valence-corrected chi connectivity index (χ1v) is 12.5. The average molecular weight is 486 g/mol. The molecule has 2 amide bonds. The van der Waals surface area contributed by atoms with Gasteiger partial charge in [0.15, 0.2) is 11.5 Å². The van der Waals surface area contributed by atoms with Gasteiger partial charge in [0.25, 0.3) is 0 Å². The van der Waals surface area contributed by atoms with E-state index >= 15 is 0 Å². The molecule has 0 radical (unpaired) electrons. The molecule has 0 saturated carbocycles. The van der Waals surface area contributed by atoms with Crippen molar-refractivity contribution in [2.24, 2.45) is 0 Å². The van der Waals surface area contributed by atoms with Crippen LogP contribution in [-0.4, -0.2) is 36.0 Å². The Kier molecular flexibility index (Phi) is 6.42. The summed E-state index contributed by atoms with van der Waals surface area (Å²) in [5, 5.41) is 3.08. The number of urea groups is 1. The second-order valence-electron chi connectivity index (χ2n) is 8.24. The van der Waals surface area contributed by atoms with Crippen LogP contribution < -0.4 is 14.8 Å². The van der Waals surface area contributed by atoms with Gasteiger partial charge in [-0.1, -0.05) is 30.3 Å². The Morgan fingerprint density at radius 1 is 0.943 bits per heavy atom. The quantitative estimate of drug-likeness (QED) is 0.335. The molecule has 1 aliphatic rings. The molecule has 1 aliphatic heterocycles. The predicted octanol–water partition coefficient (Wildman–Crippen LogP) is 6.35. The molecule has 1 aromatic heterocycles. The summed E-state index contributed by atoms with van der Waals surface area (Å²) >= 11 is 1.70. The summed E-state index contributed by atoms with van der Waals surface area (Å²) in [7, 11) is 3.17. The zero-order valence-corrected chi connectivity index (χ0v) is 20.7. The first kappa shape index (κ1) is 22.9. The van der Waals surface area contributed by atoms with Crippen molar-refractivity contribution in [2.45, 2.75) is 17.5 Å². The normalized spacial score (nSPS) is 14.5. The van der Waals surface area contributed by atoms with Crippen molar-refractivity contribution in [1.82, 2.24) is 9.47 Å². The van der Waals surface area contributed by atoms with Gasteiger partial charge in [-0.05, 0) is 59.8 Å². The van der Waals surface area contributed by atoms with Gasteiger partial charge in [-0.2, -0.15) is 0 Å². The van der Waals surface area contributed by atoms with Gasteiger partial charge in [0.2, 0.25) is 0 Å². The van der Waals surface area contributed by atoms with E-state index in [2.05, 4.69) is 64.8 Å². The molecule has 1 unspecified atom stereocenters. The summed E-state index contributed by atoms with van der Waals surface area (Å²) in [6, 6.07) is 25.7. The maximum Gasteiger partial charge on any atom is 0.322 e. The number of hydrogen-bond acceptors (Lipinski definition) is 4. The monoisotopic (exact) mass is 485 g/mol. The van der Waals surface area contributed by atoms with Gasteiger partial charge in [-0.3, -0.25) is 0 Å². The fourth-order valence-electron chi connectivity index (χ4n) is 4.59. The third-order valence-electron chi connectivity index (χ3n) is 6.29. The molecule has 0 saturated heterocycles. The van der Waals surface area contributed by atoms with Gasteiger partial charge >= 0.3 is 6.03 Å². The standard InChI is InChI=1S/C28H27N3O3S/c1-33-25-15-12-21(17-26(25)34-2)29-28(32)31-18-20-7-4-5-8-23(20)30-16-6-9-24(30)27(31)19-10-13-22(35-3)14-11-19/h4-17,27H,18H2,1-3H3,(H,29,32). The molecular weight excluding hydrogens is 458 g/mol. The topological polar surface area (TPSA) is 55.7 Å². The fraction of sp³-hybridized carbons (Fsp3) is 0.179. The molecule has 1 N–H and O–H groups in total. The number of carbonyl (C=O) groups excluding carboxylic acids is 1. The number of hydrogen-bond donors (Lipinski definition) is 1. The lowest BCUT2D eigenvalue weighted by Gasteiger charge is -2.31. The van der Waals surface area contributed by atoms with E-state index in [0.29, 0.717) is 23.7 Å². The molecule has 3 aromatic carbocycles. The minimum atomic E-state index is -0.270. The Morgan fingerprint density at radius 3 is 2.46 bits per heavy atom. The summed E-state index contributed by atoms with van der Waals surface area (Å²) in [5.41, 5.74) is 4.89. The molecule has 0 bridgehead atoms. The lowest BCUT2D eigenvalue weighted by molar-refractivity contribution is 0.194. The van der Waals surface area contributed by atoms with Crippen molar-refractivity contribution in [3.63, 3.8) is 0 Å². The fourth-order valence-corrected chi connectivity index (χ4v) is 4.99. The zero-order chi connectivity index (χ0) is 24.4. The highest BCUT2D eigenvalue weighted by molar-refractivity contribution is 7.98. The number of methoxy groups -OCH3 is 2. The van der Waals surface area contributed by atoms with E-state index < -0.39 is 0 Å². The van der Waals surface area contributed by atoms with E-state index in [1.54, 1.807) is 38.1 Å². The van der Waals surface area contributed by atoms with Gasteiger partial charge in [0.1, 0.15) is 0 Å². The van der Waals surface area contributed by atoms with Crippen LogP contribution in [0.2, 0.25) is 0 Å². The number of aromatic nitrogens is 1. The third kappa shape index (κ3) is 4.35.